The lowest BCUT2D eigenvalue weighted by molar-refractivity contribution is 0.0531. The number of nitrogens with one attached hydrogen (secondary N) is 1. The van der Waals surface area contributed by atoms with Crippen molar-refractivity contribution in [1.29, 1.82) is 0 Å². The Morgan fingerprint density at radius 1 is 1.19 bits per heavy atom. The van der Waals surface area contributed by atoms with Gasteiger partial charge in [0.1, 0.15) is 21.9 Å². The molecular formula is C20H23N3O2S. The Bertz CT molecular complexity index is 903. The Morgan fingerprint density at radius 3 is 2.65 bits per heavy atom. The lowest BCUT2D eigenvalue weighted by atomic mass is 10.1. The van der Waals surface area contributed by atoms with Crippen molar-refractivity contribution in [3.63, 3.8) is 0 Å². The highest BCUT2D eigenvalue weighted by atomic mass is 32.1. The van der Waals surface area contributed by atoms with Crippen LogP contribution in [-0.4, -0.2) is 22.5 Å². The van der Waals surface area contributed by atoms with Gasteiger partial charge in [-0.05, 0) is 49.9 Å². The minimum atomic E-state index is -0.306. The third kappa shape index (κ3) is 3.85. The second-order valence-corrected chi connectivity index (χ2v) is 7.10. The van der Waals surface area contributed by atoms with E-state index < -0.39 is 0 Å². The number of carbonyl (C=O) groups is 1. The number of nitrogens with zero attached hydrogens (tertiary/aromatic N) is 2. The molecule has 0 fully saturated rings. The molecule has 5 nitrogen and oxygen atoms in total. The van der Waals surface area contributed by atoms with Crippen LogP contribution in [0.5, 0.6) is 0 Å². The molecule has 0 bridgehead atoms. The fraction of sp³-hybridized carbons (Fsp3) is 0.350. The fourth-order valence-electron chi connectivity index (χ4n) is 2.83. The highest BCUT2D eigenvalue weighted by Crippen LogP contribution is 2.34. The zero-order chi connectivity index (χ0) is 18.5. The van der Waals surface area contributed by atoms with Crippen LogP contribution in [0.25, 0.3) is 10.2 Å². The average Bonchev–Trinajstić information content (AvgIpc) is 2.99. The molecule has 0 amide bonds. The lowest BCUT2D eigenvalue weighted by Gasteiger charge is -2.08. The monoisotopic (exact) mass is 369 g/mol. The standard InChI is InChI=1S/C20H23N3O2S/c1-4-6-7-14-8-10-15(11-9-14)23-18-16-13(3)17(20(24)25-5-2)26-19(16)22-12-21-18/h8-12H,4-7H2,1-3H3,(H,21,22,23). The van der Waals surface area contributed by atoms with E-state index in [-0.39, 0.29) is 5.97 Å². The molecule has 0 aliphatic rings. The summed E-state index contributed by atoms with van der Waals surface area (Å²) >= 11 is 1.34. The molecule has 0 spiro atoms. The number of fused-ring (bicyclic) bond motifs is 1. The van der Waals surface area contributed by atoms with Gasteiger partial charge in [0, 0.05) is 5.69 Å². The van der Waals surface area contributed by atoms with Crippen LogP contribution in [0.1, 0.15) is 47.5 Å². The number of esters is 1. The molecule has 6 heteroatoms. The molecule has 3 rings (SSSR count). The average molecular weight is 369 g/mol. The number of thiophene rings is 1. The van der Waals surface area contributed by atoms with Crippen molar-refractivity contribution >= 4 is 39.0 Å². The van der Waals surface area contributed by atoms with Gasteiger partial charge >= 0.3 is 5.97 Å². The molecule has 136 valence electrons. The van der Waals surface area contributed by atoms with Gasteiger partial charge in [0.15, 0.2) is 0 Å². The predicted octanol–water partition coefficient (Wildman–Crippen LogP) is 5.26. The lowest BCUT2D eigenvalue weighted by Crippen LogP contribution is -2.03. The molecule has 0 aliphatic carbocycles. The number of unbranched alkanes of at least 4 members (excludes halogenated alkanes) is 1. The summed E-state index contributed by atoms with van der Waals surface area (Å²) in [5.41, 5.74) is 3.15. The first-order valence-corrected chi connectivity index (χ1v) is 9.72. The maximum atomic E-state index is 12.1. The van der Waals surface area contributed by atoms with Gasteiger partial charge in [0.2, 0.25) is 0 Å². The van der Waals surface area contributed by atoms with Crippen LogP contribution in [0.4, 0.5) is 11.5 Å². The first-order valence-electron chi connectivity index (χ1n) is 8.91. The number of aromatic nitrogens is 2. The van der Waals surface area contributed by atoms with Crippen LogP contribution in [0.2, 0.25) is 0 Å². The van der Waals surface area contributed by atoms with Gasteiger partial charge in [0.25, 0.3) is 0 Å². The van der Waals surface area contributed by atoms with Crippen molar-refractivity contribution in [2.24, 2.45) is 0 Å². The smallest absolute Gasteiger partial charge is 0.348 e. The molecule has 0 unspecified atom stereocenters. The van der Waals surface area contributed by atoms with Gasteiger partial charge in [0.05, 0.1) is 12.0 Å². The minimum absolute atomic E-state index is 0.306. The van der Waals surface area contributed by atoms with E-state index in [0.717, 1.165) is 27.9 Å². The number of carbonyl (C=O) groups excluding carboxylic acids is 1. The summed E-state index contributed by atoms with van der Waals surface area (Å²) in [6, 6.07) is 8.40. The van der Waals surface area contributed by atoms with Crippen LogP contribution >= 0.6 is 11.3 Å². The van der Waals surface area contributed by atoms with Crippen LogP contribution in [0.3, 0.4) is 0 Å². The van der Waals surface area contributed by atoms with E-state index in [1.807, 2.05) is 6.92 Å². The van der Waals surface area contributed by atoms with Crippen molar-refractivity contribution in [2.75, 3.05) is 11.9 Å². The molecule has 2 aromatic heterocycles. The maximum Gasteiger partial charge on any atom is 0.348 e. The van der Waals surface area contributed by atoms with Gasteiger partial charge in [-0.3, -0.25) is 0 Å². The van der Waals surface area contributed by atoms with Gasteiger partial charge in [-0.15, -0.1) is 11.3 Å². The van der Waals surface area contributed by atoms with Crippen LogP contribution in [-0.2, 0) is 11.2 Å². The molecule has 0 aliphatic heterocycles. The molecule has 0 radical (unpaired) electrons. The number of rotatable bonds is 7. The van der Waals surface area contributed by atoms with E-state index in [4.69, 9.17) is 4.74 Å². The molecular weight excluding hydrogens is 346 g/mol. The Labute approximate surface area is 157 Å². The Hall–Kier alpha value is -2.47. The Kier molecular flexibility index (Phi) is 5.83. The van der Waals surface area contributed by atoms with Gasteiger partial charge in [-0.1, -0.05) is 25.5 Å². The van der Waals surface area contributed by atoms with E-state index in [9.17, 15) is 4.79 Å². The number of benzene rings is 1. The van der Waals surface area contributed by atoms with E-state index in [1.165, 1.54) is 36.1 Å². The third-order valence-corrected chi connectivity index (χ3v) is 5.40. The van der Waals surface area contributed by atoms with Gasteiger partial charge in [-0.25, -0.2) is 14.8 Å². The summed E-state index contributed by atoms with van der Waals surface area (Å²) in [7, 11) is 0. The highest BCUT2D eigenvalue weighted by Gasteiger charge is 2.20. The summed E-state index contributed by atoms with van der Waals surface area (Å²) in [6.45, 7) is 6.27. The summed E-state index contributed by atoms with van der Waals surface area (Å²) in [6.07, 6.45) is 5.01. The molecule has 3 aromatic rings. The summed E-state index contributed by atoms with van der Waals surface area (Å²) in [5, 5.41) is 4.23. The number of aryl methyl sites for hydroxylation is 2. The predicted molar refractivity (Wildman–Crippen MR) is 106 cm³/mol. The van der Waals surface area contributed by atoms with Gasteiger partial charge < -0.3 is 10.1 Å². The summed E-state index contributed by atoms with van der Waals surface area (Å²) in [4.78, 5) is 22.2. The van der Waals surface area contributed by atoms with E-state index in [2.05, 4.69) is 46.5 Å². The normalized spacial score (nSPS) is 10.9. The molecule has 0 saturated carbocycles. The minimum Gasteiger partial charge on any atom is -0.462 e. The summed E-state index contributed by atoms with van der Waals surface area (Å²) < 4.78 is 5.14. The van der Waals surface area contributed by atoms with Gasteiger partial charge in [-0.2, -0.15) is 0 Å². The molecule has 2 heterocycles. The van der Waals surface area contributed by atoms with E-state index in [1.54, 1.807) is 6.92 Å². The third-order valence-electron chi connectivity index (χ3n) is 4.22. The first kappa shape index (κ1) is 18.3. The largest absolute Gasteiger partial charge is 0.462 e. The number of hydrogen-bond donors (Lipinski definition) is 1. The van der Waals surface area contributed by atoms with Crippen LogP contribution in [0.15, 0.2) is 30.6 Å². The number of hydrogen-bond acceptors (Lipinski definition) is 6. The maximum absolute atomic E-state index is 12.1. The van der Waals surface area contributed by atoms with Crippen molar-refractivity contribution in [3.8, 4) is 0 Å². The molecule has 1 aromatic carbocycles. The second kappa shape index (κ2) is 8.27. The molecule has 1 N–H and O–H groups in total. The first-order chi connectivity index (χ1) is 12.6. The van der Waals surface area contributed by atoms with Crippen LogP contribution in [0, 0.1) is 6.92 Å². The quantitative estimate of drug-likeness (QED) is 0.575. The number of ether oxygens (including phenoxy) is 1. The molecule has 0 saturated heterocycles. The highest BCUT2D eigenvalue weighted by molar-refractivity contribution is 7.20. The zero-order valence-corrected chi connectivity index (χ0v) is 16.2. The molecule has 26 heavy (non-hydrogen) atoms. The topological polar surface area (TPSA) is 64.1 Å². The summed E-state index contributed by atoms with van der Waals surface area (Å²) in [5.74, 6) is 0.403. The Morgan fingerprint density at radius 2 is 1.96 bits per heavy atom. The SMILES string of the molecule is CCCCc1ccc(Nc2ncnc3sc(C(=O)OCC)c(C)c23)cc1. The van der Waals surface area contributed by atoms with Crippen molar-refractivity contribution < 1.29 is 9.53 Å². The second-order valence-electron chi connectivity index (χ2n) is 6.10. The van der Waals surface area contributed by atoms with Crippen molar-refractivity contribution in [3.05, 3.63) is 46.6 Å². The molecule has 0 atom stereocenters. The van der Waals surface area contributed by atoms with E-state index >= 15 is 0 Å². The fourth-order valence-corrected chi connectivity index (χ4v) is 3.87. The number of anilines is 2. The van der Waals surface area contributed by atoms with Crippen molar-refractivity contribution in [2.45, 2.75) is 40.0 Å². The van der Waals surface area contributed by atoms with Crippen LogP contribution < -0.4 is 5.32 Å². The van der Waals surface area contributed by atoms with E-state index in [0.29, 0.717) is 17.3 Å². The zero-order valence-electron chi connectivity index (χ0n) is 15.3. The van der Waals surface area contributed by atoms with Crippen molar-refractivity contribution in [1.82, 2.24) is 9.97 Å². The Balaban J connectivity index is 1.89.